The predicted octanol–water partition coefficient (Wildman–Crippen LogP) is 6.30. The standard InChI is InChI=1S/C32H37NO6/c1-7-33(30(35)20-10-13-24(34)14-11-20)27-19-29(38-6)28(37-5)18-26(27)23-9-8-22-17-25(15-12-21(22)16-23)39-31(36)32(2,3)4/h10-15,17-19,23,34H,7-9,16H2,1-6H3. The van der Waals surface area contributed by atoms with E-state index < -0.39 is 5.41 Å². The molecule has 4 rings (SSSR count). The van der Waals surface area contributed by atoms with Gasteiger partial charge < -0.3 is 24.2 Å². The fourth-order valence-corrected chi connectivity index (χ4v) is 4.95. The number of rotatable bonds is 7. The number of anilines is 1. The van der Waals surface area contributed by atoms with E-state index in [1.807, 2.05) is 58.0 Å². The van der Waals surface area contributed by atoms with Crippen LogP contribution in [0.4, 0.5) is 5.69 Å². The number of carbonyl (C=O) groups is 2. The first-order valence-corrected chi connectivity index (χ1v) is 13.3. The van der Waals surface area contributed by atoms with Crippen molar-refractivity contribution in [2.75, 3.05) is 25.7 Å². The summed E-state index contributed by atoms with van der Waals surface area (Å²) in [6.07, 6.45) is 2.44. The Morgan fingerprint density at radius 1 is 0.949 bits per heavy atom. The minimum atomic E-state index is -0.576. The second-order valence-corrected chi connectivity index (χ2v) is 10.9. The highest BCUT2D eigenvalue weighted by Crippen LogP contribution is 2.44. The molecule has 3 aromatic carbocycles. The zero-order valence-electron chi connectivity index (χ0n) is 23.5. The van der Waals surface area contributed by atoms with Gasteiger partial charge in [-0.1, -0.05) is 6.07 Å². The number of phenolic OH excluding ortho intramolecular Hbond substituents is 1. The van der Waals surface area contributed by atoms with E-state index in [1.54, 1.807) is 31.3 Å². The summed E-state index contributed by atoms with van der Waals surface area (Å²) in [5, 5.41) is 9.69. The zero-order valence-corrected chi connectivity index (χ0v) is 23.5. The summed E-state index contributed by atoms with van der Waals surface area (Å²) in [5.41, 5.74) is 4.05. The molecule has 1 aliphatic carbocycles. The van der Waals surface area contributed by atoms with Crippen LogP contribution in [0, 0.1) is 5.41 Å². The van der Waals surface area contributed by atoms with Crippen LogP contribution in [0.5, 0.6) is 23.0 Å². The monoisotopic (exact) mass is 531 g/mol. The van der Waals surface area contributed by atoms with Crippen LogP contribution in [0.15, 0.2) is 54.6 Å². The number of phenols is 1. The molecule has 0 radical (unpaired) electrons. The molecule has 0 bridgehead atoms. The Morgan fingerprint density at radius 2 is 1.62 bits per heavy atom. The Labute approximate surface area is 230 Å². The minimum absolute atomic E-state index is 0.110. The maximum atomic E-state index is 13.6. The third-order valence-corrected chi connectivity index (χ3v) is 7.17. The maximum Gasteiger partial charge on any atom is 0.316 e. The van der Waals surface area contributed by atoms with Crippen LogP contribution in [0.2, 0.25) is 0 Å². The first-order chi connectivity index (χ1) is 18.5. The summed E-state index contributed by atoms with van der Waals surface area (Å²) in [7, 11) is 3.19. The molecule has 0 fully saturated rings. The van der Waals surface area contributed by atoms with E-state index >= 15 is 0 Å². The normalized spacial score (nSPS) is 14.8. The molecule has 0 saturated carbocycles. The van der Waals surface area contributed by atoms with E-state index in [9.17, 15) is 14.7 Å². The Kier molecular flexibility index (Phi) is 8.19. The quantitative estimate of drug-likeness (QED) is 0.284. The molecule has 1 amide bonds. The van der Waals surface area contributed by atoms with Gasteiger partial charge in [-0.05, 0) is 112 Å². The third kappa shape index (κ3) is 6.03. The summed E-state index contributed by atoms with van der Waals surface area (Å²) in [4.78, 5) is 27.7. The lowest BCUT2D eigenvalue weighted by atomic mass is 9.79. The van der Waals surface area contributed by atoms with Gasteiger partial charge in [0.15, 0.2) is 11.5 Å². The molecule has 7 nitrogen and oxygen atoms in total. The number of hydrogen-bond acceptors (Lipinski definition) is 6. The summed E-state index contributed by atoms with van der Waals surface area (Å²) in [6, 6.07) is 16.0. The van der Waals surface area contributed by atoms with Crippen molar-refractivity contribution in [1.29, 1.82) is 0 Å². The largest absolute Gasteiger partial charge is 0.508 e. The smallest absolute Gasteiger partial charge is 0.316 e. The Morgan fingerprint density at radius 3 is 2.23 bits per heavy atom. The molecule has 7 heteroatoms. The van der Waals surface area contributed by atoms with Gasteiger partial charge in [0.2, 0.25) is 0 Å². The molecule has 0 aliphatic heterocycles. The Bertz CT molecular complexity index is 1360. The molecular weight excluding hydrogens is 494 g/mol. The average molecular weight is 532 g/mol. The molecule has 1 atom stereocenters. The van der Waals surface area contributed by atoms with Gasteiger partial charge in [0.05, 0.1) is 25.3 Å². The van der Waals surface area contributed by atoms with E-state index in [2.05, 4.69) is 0 Å². The highest BCUT2D eigenvalue weighted by molar-refractivity contribution is 6.06. The average Bonchev–Trinajstić information content (AvgIpc) is 2.92. The lowest BCUT2D eigenvalue weighted by Crippen LogP contribution is -2.32. The Hall–Kier alpha value is -4.00. The zero-order chi connectivity index (χ0) is 28.3. The fraction of sp³-hybridized carbons (Fsp3) is 0.375. The van der Waals surface area contributed by atoms with Crippen molar-refractivity contribution in [1.82, 2.24) is 0 Å². The number of benzene rings is 3. The van der Waals surface area contributed by atoms with Gasteiger partial charge >= 0.3 is 5.97 Å². The molecular formula is C32H37NO6. The Balaban J connectivity index is 1.69. The SMILES string of the molecule is CCN(C(=O)c1ccc(O)cc1)c1cc(OC)c(OC)cc1C1CCc2cc(OC(=O)C(C)(C)C)ccc2C1. The summed E-state index contributed by atoms with van der Waals surface area (Å²) >= 11 is 0. The first kappa shape index (κ1) is 28.0. The molecule has 0 spiro atoms. The van der Waals surface area contributed by atoms with Crippen molar-refractivity contribution in [3.8, 4) is 23.0 Å². The highest BCUT2D eigenvalue weighted by Gasteiger charge is 2.29. The van der Waals surface area contributed by atoms with E-state index in [0.717, 1.165) is 30.5 Å². The van der Waals surface area contributed by atoms with Crippen LogP contribution in [0.3, 0.4) is 0 Å². The number of aryl methyl sites for hydroxylation is 1. The number of fused-ring (bicyclic) bond motifs is 1. The van der Waals surface area contributed by atoms with Gasteiger partial charge in [0.1, 0.15) is 11.5 Å². The molecule has 1 N–H and O–H groups in total. The molecule has 0 aromatic heterocycles. The second kappa shape index (κ2) is 11.4. The summed E-state index contributed by atoms with van der Waals surface area (Å²) in [6.45, 7) is 7.91. The predicted molar refractivity (Wildman–Crippen MR) is 151 cm³/mol. The van der Waals surface area contributed by atoms with Gasteiger partial charge in [-0.25, -0.2) is 0 Å². The molecule has 0 saturated heterocycles. The van der Waals surface area contributed by atoms with Crippen molar-refractivity contribution in [2.45, 2.75) is 52.9 Å². The van der Waals surface area contributed by atoms with E-state index in [0.29, 0.717) is 29.4 Å². The molecule has 206 valence electrons. The molecule has 1 aliphatic rings. The lowest BCUT2D eigenvalue weighted by Gasteiger charge is -2.31. The van der Waals surface area contributed by atoms with Gasteiger partial charge in [-0.3, -0.25) is 9.59 Å². The van der Waals surface area contributed by atoms with Crippen molar-refractivity contribution in [2.24, 2.45) is 5.41 Å². The minimum Gasteiger partial charge on any atom is -0.508 e. The van der Waals surface area contributed by atoms with Crippen molar-refractivity contribution >= 4 is 17.6 Å². The molecule has 1 unspecified atom stereocenters. The number of carbonyl (C=O) groups excluding carboxylic acids is 2. The van der Waals surface area contributed by atoms with Crippen molar-refractivity contribution < 1.29 is 28.9 Å². The van der Waals surface area contributed by atoms with E-state index in [-0.39, 0.29) is 23.5 Å². The fourth-order valence-electron chi connectivity index (χ4n) is 4.95. The van der Waals surface area contributed by atoms with Crippen molar-refractivity contribution in [3.63, 3.8) is 0 Å². The van der Waals surface area contributed by atoms with Crippen LogP contribution >= 0.6 is 0 Å². The molecule has 39 heavy (non-hydrogen) atoms. The van der Waals surface area contributed by atoms with Gasteiger partial charge in [-0.2, -0.15) is 0 Å². The van der Waals surface area contributed by atoms with E-state index in [1.165, 1.54) is 23.3 Å². The van der Waals surface area contributed by atoms with Crippen molar-refractivity contribution in [3.05, 3.63) is 76.9 Å². The molecule has 0 heterocycles. The first-order valence-electron chi connectivity index (χ1n) is 13.3. The maximum absolute atomic E-state index is 13.6. The molecule has 3 aromatic rings. The number of amides is 1. The van der Waals surface area contributed by atoms with Crippen LogP contribution in [0.1, 0.15) is 67.1 Å². The number of aromatic hydroxyl groups is 1. The number of methoxy groups -OCH3 is 2. The lowest BCUT2D eigenvalue weighted by molar-refractivity contribution is -0.143. The second-order valence-electron chi connectivity index (χ2n) is 10.9. The van der Waals surface area contributed by atoms with Crippen LogP contribution in [-0.2, 0) is 17.6 Å². The van der Waals surface area contributed by atoms with Crippen LogP contribution in [0.25, 0.3) is 0 Å². The highest BCUT2D eigenvalue weighted by atomic mass is 16.5. The van der Waals surface area contributed by atoms with Gasteiger partial charge in [0.25, 0.3) is 5.91 Å². The number of esters is 1. The number of nitrogens with zero attached hydrogens (tertiary/aromatic N) is 1. The van der Waals surface area contributed by atoms with Gasteiger partial charge in [-0.15, -0.1) is 0 Å². The number of ether oxygens (including phenoxy) is 3. The van der Waals surface area contributed by atoms with Crippen LogP contribution < -0.4 is 19.1 Å². The van der Waals surface area contributed by atoms with E-state index in [4.69, 9.17) is 14.2 Å². The number of hydrogen-bond donors (Lipinski definition) is 1. The summed E-state index contributed by atoms with van der Waals surface area (Å²) in [5.74, 6) is 1.55. The topological polar surface area (TPSA) is 85.3 Å². The van der Waals surface area contributed by atoms with Crippen LogP contribution in [-0.4, -0.2) is 37.7 Å². The van der Waals surface area contributed by atoms with Gasteiger partial charge in [0, 0.05) is 18.2 Å². The summed E-state index contributed by atoms with van der Waals surface area (Å²) < 4.78 is 16.9. The third-order valence-electron chi connectivity index (χ3n) is 7.17.